The molecule has 0 saturated carbocycles. The van der Waals surface area contributed by atoms with E-state index in [0.29, 0.717) is 0 Å². The third-order valence-electron chi connectivity index (χ3n) is 1.92. The minimum absolute atomic E-state index is 0.713. The van der Waals surface area contributed by atoms with Crippen LogP contribution in [0.3, 0.4) is 0 Å². The van der Waals surface area contributed by atoms with Gasteiger partial charge < -0.3 is 15.6 Å². The van der Waals surface area contributed by atoms with Crippen LogP contribution in [-0.2, 0) is 4.79 Å². The van der Waals surface area contributed by atoms with E-state index in [1.165, 1.54) is 0 Å². The van der Waals surface area contributed by atoms with Gasteiger partial charge in [-0.2, -0.15) is 8.78 Å². The predicted octanol–water partition coefficient (Wildman–Crippen LogP) is 1.17. The normalized spacial score (nSPS) is 12.3. The average Bonchev–Trinajstić information content (AvgIpc) is 2.34. The minimum atomic E-state index is -2.36. The van der Waals surface area contributed by atoms with Gasteiger partial charge in [0.15, 0.2) is 5.75 Å². The molecule has 0 heterocycles. The Labute approximate surface area is 96.8 Å². The van der Waals surface area contributed by atoms with Crippen molar-refractivity contribution >= 4 is 5.97 Å². The highest BCUT2D eigenvalue weighted by Crippen LogP contribution is 2.29. The van der Waals surface area contributed by atoms with Crippen LogP contribution >= 0.6 is 0 Å². The molecule has 0 saturated heterocycles. The van der Waals surface area contributed by atoms with Crippen molar-refractivity contribution in [2.45, 2.75) is 6.10 Å². The molecule has 1 rings (SSSR count). The number of benzene rings is 1. The van der Waals surface area contributed by atoms with Gasteiger partial charge in [-0.05, 0) is 0 Å². The number of carboxylic acids is 1. The molecule has 1 unspecified atom stereocenters. The van der Waals surface area contributed by atoms with Crippen molar-refractivity contribution in [1.82, 2.24) is 0 Å². The van der Waals surface area contributed by atoms with Crippen LogP contribution in [0.4, 0.5) is 22.0 Å². The Kier molecular flexibility index (Phi) is 4.07. The lowest BCUT2D eigenvalue weighted by Crippen LogP contribution is -2.35. The molecule has 0 radical (unpaired) electrons. The van der Waals surface area contributed by atoms with Gasteiger partial charge in [-0.3, -0.25) is 0 Å². The van der Waals surface area contributed by atoms with Gasteiger partial charge in [-0.15, -0.1) is 0 Å². The molecule has 0 aliphatic carbocycles. The molecule has 4 nitrogen and oxygen atoms in total. The lowest BCUT2D eigenvalue weighted by molar-refractivity contribution is -0.144. The van der Waals surface area contributed by atoms with Crippen LogP contribution in [-0.4, -0.2) is 23.7 Å². The number of hydrogen-bond donors (Lipinski definition) is 2. The van der Waals surface area contributed by atoms with E-state index in [2.05, 4.69) is 4.74 Å². The fourth-order valence-corrected chi connectivity index (χ4v) is 1.03. The molecule has 1 aromatic rings. The van der Waals surface area contributed by atoms with Crippen molar-refractivity contribution in [2.75, 3.05) is 6.54 Å². The van der Waals surface area contributed by atoms with Crippen molar-refractivity contribution in [3.63, 3.8) is 0 Å². The maximum absolute atomic E-state index is 13.1. The first-order chi connectivity index (χ1) is 8.31. The molecule has 0 spiro atoms. The number of ether oxygens (including phenoxy) is 1. The summed E-state index contributed by atoms with van der Waals surface area (Å²) >= 11 is 0. The second kappa shape index (κ2) is 5.17. The fraction of sp³-hybridized carbons (Fsp3) is 0.222. The molecule has 0 amide bonds. The van der Waals surface area contributed by atoms with Crippen LogP contribution in [0.2, 0.25) is 0 Å². The van der Waals surface area contributed by atoms with Crippen LogP contribution in [0, 0.1) is 29.1 Å². The summed E-state index contributed by atoms with van der Waals surface area (Å²) < 4.78 is 68.5. The Morgan fingerprint density at radius 2 is 1.44 bits per heavy atom. The number of carboxylic acid groups (broad SMARTS) is 1. The number of halogens is 5. The zero-order valence-corrected chi connectivity index (χ0v) is 8.52. The van der Waals surface area contributed by atoms with Crippen molar-refractivity contribution in [2.24, 2.45) is 5.73 Å². The van der Waals surface area contributed by atoms with E-state index in [1.807, 2.05) is 0 Å². The lowest BCUT2D eigenvalue weighted by Gasteiger charge is -2.15. The van der Waals surface area contributed by atoms with Gasteiger partial charge in [0.2, 0.25) is 35.2 Å². The highest BCUT2D eigenvalue weighted by molar-refractivity contribution is 5.73. The summed E-state index contributed by atoms with van der Waals surface area (Å²) in [5.41, 5.74) is 4.92. The number of aliphatic carboxylic acids is 1. The molecule has 1 atom stereocenters. The van der Waals surface area contributed by atoms with E-state index in [9.17, 15) is 26.7 Å². The van der Waals surface area contributed by atoms with Gasteiger partial charge in [-0.25, -0.2) is 18.0 Å². The van der Waals surface area contributed by atoms with Gasteiger partial charge in [-0.1, -0.05) is 0 Å². The summed E-state index contributed by atoms with van der Waals surface area (Å²) in [6.07, 6.45) is -1.93. The Morgan fingerprint density at radius 3 is 1.78 bits per heavy atom. The van der Waals surface area contributed by atoms with Crippen molar-refractivity contribution in [3.8, 4) is 5.75 Å². The fourth-order valence-electron chi connectivity index (χ4n) is 1.03. The number of nitrogens with two attached hydrogens (primary N) is 1. The minimum Gasteiger partial charge on any atom is -0.478 e. The number of rotatable bonds is 4. The zero-order chi connectivity index (χ0) is 14.0. The molecule has 0 aliphatic rings. The maximum atomic E-state index is 13.1. The highest BCUT2D eigenvalue weighted by Gasteiger charge is 2.30. The average molecular weight is 271 g/mol. The largest absolute Gasteiger partial charge is 0.478 e. The quantitative estimate of drug-likeness (QED) is 0.490. The predicted molar refractivity (Wildman–Crippen MR) is 47.3 cm³/mol. The second-order valence-electron chi connectivity index (χ2n) is 3.08. The highest BCUT2D eigenvalue weighted by atomic mass is 19.2. The SMILES string of the molecule is NCC(Oc1c(F)c(F)c(F)c(F)c1F)C(=O)O. The lowest BCUT2D eigenvalue weighted by atomic mass is 10.2. The molecular formula is C9H6F5NO3. The molecule has 0 aromatic heterocycles. The number of carbonyl (C=O) groups is 1. The summed E-state index contributed by atoms with van der Waals surface area (Å²) in [6, 6.07) is 0. The van der Waals surface area contributed by atoms with Gasteiger partial charge >= 0.3 is 5.97 Å². The summed E-state index contributed by atoms with van der Waals surface area (Å²) in [6.45, 7) is -0.713. The molecule has 0 bridgehead atoms. The van der Waals surface area contributed by atoms with Gasteiger partial charge in [0.05, 0.1) is 0 Å². The summed E-state index contributed by atoms with van der Waals surface area (Å²) in [5, 5.41) is 8.50. The van der Waals surface area contributed by atoms with Crippen molar-refractivity contribution < 1.29 is 36.6 Å². The van der Waals surface area contributed by atoms with E-state index >= 15 is 0 Å². The second-order valence-corrected chi connectivity index (χ2v) is 3.08. The van der Waals surface area contributed by atoms with Gasteiger partial charge in [0, 0.05) is 6.54 Å². The van der Waals surface area contributed by atoms with E-state index < -0.39 is 53.5 Å². The van der Waals surface area contributed by atoms with E-state index in [-0.39, 0.29) is 0 Å². The molecule has 0 fully saturated rings. The standard InChI is InChI=1S/C9H6F5NO3/c10-3-4(11)6(13)8(7(14)5(3)12)18-2(1-15)9(16)17/h2H,1,15H2,(H,16,17). The smallest absolute Gasteiger partial charge is 0.346 e. The Balaban J connectivity index is 3.29. The first-order valence-electron chi connectivity index (χ1n) is 4.42. The first-order valence-corrected chi connectivity index (χ1v) is 4.42. The molecule has 0 aliphatic heterocycles. The van der Waals surface area contributed by atoms with Crippen LogP contribution in [0.15, 0.2) is 0 Å². The van der Waals surface area contributed by atoms with Crippen molar-refractivity contribution in [1.29, 1.82) is 0 Å². The van der Waals surface area contributed by atoms with E-state index in [1.54, 1.807) is 0 Å². The summed E-state index contributed by atoms with van der Waals surface area (Å²) in [4.78, 5) is 10.5. The van der Waals surface area contributed by atoms with Crippen LogP contribution in [0.5, 0.6) is 5.75 Å². The van der Waals surface area contributed by atoms with E-state index in [4.69, 9.17) is 10.8 Å². The Morgan fingerprint density at radius 1 is 1.06 bits per heavy atom. The topological polar surface area (TPSA) is 72.5 Å². The Hall–Kier alpha value is -1.90. The monoisotopic (exact) mass is 271 g/mol. The van der Waals surface area contributed by atoms with Crippen LogP contribution < -0.4 is 10.5 Å². The summed E-state index contributed by atoms with van der Waals surface area (Å²) in [7, 11) is 0. The zero-order valence-electron chi connectivity index (χ0n) is 8.52. The van der Waals surface area contributed by atoms with Crippen LogP contribution in [0.1, 0.15) is 0 Å². The Bertz CT molecular complexity index is 465. The van der Waals surface area contributed by atoms with Crippen molar-refractivity contribution in [3.05, 3.63) is 29.1 Å². The third-order valence-corrected chi connectivity index (χ3v) is 1.92. The summed E-state index contributed by atoms with van der Waals surface area (Å²) in [5.74, 6) is -14.7. The molecule has 3 N–H and O–H groups in total. The number of hydrogen-bond acceptors (Lipinski definition) is 3. The molecule has 100 valence electrons. The molecular weight excluding hydrogens is 265 g/mol. The first kappa shape index (κ1) is 14.2. The van der Waals surface area contributed by atoms with Crippen LogP contribution in [0.25, 0.3) is 0 Å². The van der Waals surface area contributed by atoms with E-state index in [0.717, 1.165) is 0 Å². The molecule has 1 aromatic carbocycles. The van der Waals surface area contributed by atoms with Gasteiger partial charge in [0.1, 0.15) is 0 Å². The molecule has 18 heavy (non-hydrogen) atoms. The third kappa shape index (κ3) is 2.35. The maximum Gasteiger partial charge on any atom is 0.346 e. The molecule has 9 heteroatoms. The van der Waals surface area contributed by atoms with Gasteiger partial charge in [0.25, 0.3) is 0 Å².